The summed E-state index contributed by atoms with van der Waals surface area (Å²) in [4.78, 5) is 28.0. The second kappa shape index (κ2) is 7.89. The van der Waals surface area contributed by atoms with Crippen LogP contribution in [0.25, 0.3) is 0 Å². The summed E-state index contributed by atoms with van der Waals surface area (Å²) in [5, 5.41) is 0.643. The molecular weight excluding hydrogens is 390 g/mol. The quantitative estimate of drug-likeness (QED) is 0.714. The molecule has 1 aliphatic carbocycles. The molecule has 0 radical (unpaired) electrons. The molecule has 1 aliphatic heterocycles. The maximum absolute atomic E-state index is 12.7. The van der Waals surface area contributed by atoms with Crippen LogP contribution in [0.15, 0.2) is 24.3 Å². The van der Waals surface area contributed by atoms with Gasteiger partial charge < -0.3 is 14.2 Å². The van der Waals surface area contributed by atoms with Crippen molar-refractivity contribution >= 4 is 28.2 Å². The normalized spacial score (nSPS) is 17.2. The fraction of sp³-hybridized carbons (Fsp3) is 0.455. The first-order valence-corrected chi connectivity index (χ1v) is 10.6. The molecule has 29 heavy (non-hydrogen) atoms. The molecule has 6 nitrogen and oxygen atoms in total. The number of thiophene rings is 1. The van der Waals surface area contributed by atoms with Crippen LogP contribution in [0.5, 0.6) is 0 Å². The van der Waals surface area contributed by atoms with Crippen molar-refractivity contribution in [3.05, 3.63) is 51.4 Å². The van der Waals surface area contributed by atoms with Gasteiger partial charge in [0, 0.05) is 24.6 Å². The monoisotopic (exact) mass is 415 g/mol. The van der Waals surface area contributed by atoms with E-state index in [-0.39, 0.29) is 5.91 Å². The van der Waals surface area contributed by atoms with Crippen molar-refractivity contribution in [3.8, 4) is 0 Å². The Morgan fingerprint density at radius 1 is 1.21 bits per heavy atom. The fourth-order valence-electron chi connectivity index (χ4n) is 4.00. The van der Waals surface area contributed by atoms with Crippen molar-refractivity contribution in [3.63, 3.8) is 0 Å². The van der Waals surface area contributed by atoms with E-state index in [1.165, 1.54) is 25.4 Å². The number of nitrogens with zero attached hydrogens (tertiary/aromatic N) is 1. The fourth-order valence-corrected chi connectivity index (χ4v) is 5.47. The molecular formula is C22H25NO5S. The summed E-state index contributed by atoms with van der Waals surface area (Å²) in [5.74, 6) is -1.12. The van der Waals surface area contributed by atoms with Gasteiger partial charge in [0.1, 0.15) is 5.00 Å². The van der Waals surface area contributed by atoms with Gasteiger partial charge in [0.15, 0.2) is 5.79 Å². The summed E-state index contributed by atoms with van der Waals surface area (Å²) >= 11 is 1.47. The maximum atomic E-state index is 12.7. The minimum absolute atomic E-state index is 0.114. The highest BCUT2D eigenvalue weighted by atomic mass is 32.1. The van der Waals surface area contributed by atoms with E-state index in [1.54, 1.807) is 4.90 Å². The lowest BCUT2D eigenvalue weighted by Crippen LogP contribution is -2.36. The summed E-state index contributed by atoms with van der Waals surface area (Å²) in [6, 6.07) is 8.05. The third kappa shape index (κ3) is 3.82. The van der Waals surface area contributed by atoms with Gasteiger partial charge in [-0.15, -0.1) is 11.3 Å². The zero-order valence-electron chi connectivity index (χ0n) is 16.9. The maximum Gasteiger partial charge on any atom is 0.341 e. The van der Waals surface area contributed by atoms with Crippen LogP contribution in [-0.4, -0.2) is 38.0 Å². The molecule has 1 spiro atoms. The first-order chi connectivity index (χ1) is 13.9. The molecule has 0 N–H and O–H groups in total. The zero-order chi connectivity index (χ0) is 20.6. The predicted molar refractivity (Wildman–Crippen MR) is 110 cm³/mol. The highest BCUT2D eigenvalue weighted by Crippen LogP contribution is 2.45. The Hall–Kier alpha value is -2.22. The Bertz CT molecular complexity index is 927. The molecule has 1 aromatic carbocycles. The van der Waals surface area contributed by atoms with Crippen LogP contribution in [0, 0.1) is 6.92 Å². The number of aryl methyl sites for hydroxylation is 1. The van der Waals surface area contributed by atoms with Crippen LogP contribution in [0.3, 0.4) is 0 Å². The number of rotatable bonds is 4. The van der Waals surface area contributed by atoms with E-state index in [4.69, 9.17) is 14.2 Å². The standard InChI is InChI=1S/C22H25NO5S/c1-14-4-6-16(7-5-14)13-23(15(2)24)20-19(21(25)26-3)17-8-9-22(12-18(17)29-20)27-10-11-28-22/h4-7H,8-13H2,1-3H3. The number of ether oxygens (including phenoxy) is 3. The van der Waals surface area contributed by atoms with Crippen LogP contribution in [-0.2, 0) is 38.4 Å². The summed E-state index contributed by atoms with van der Waals surface area (Å²) < 4.78 is 16.8. The van der Waals surface area contributed by atoms with Gasteiger partial charge in [-0.2, -0.15) is 0 Å². The lowest BCUT2D eigenvalue weighted by atomic mass is 9.90. The molecule has 1 aromatic heterocycles. The summed E-state index contributed by atoms with van der Waals surface area (Å²) in [6.45, 7) is 5.13. The van der Waals surface area contributed by atoms with Crippen LogP contribution < -0.4 is 4.90 Å². The molecule has 0 saturated carbocycles. The first-order valence-electron chi connectivity index (χ1n) is 9.77. The van der Waals surface area contributed by atoms with Crippen molar-refractivity contribution in [2.45, 2.75) is 45.4 Å². The average molecular weight is 416 g/mol. The number of methoxy groups -OCH3 is 1. The third-order valence-electron chi connectivity index (χ3n) is 5.55. The van der Waals surface area contributed by atoms with Gasteiger partial charge in [-0.3, -0.25) is 9.69 Å². The second-order valence-corrected chi connectivity index (χ2v) is 8.63. The molecule has 1 amide bonds. The topological polar surface area (TPSA) is 65.1 Å². The van der Waals surface area contributed by atoms with Crippen molar-refractivity contribution < 1.29 is 23.8 Å². The van der Waals surface area contributed by atoms with Gasteiger partial charge in [-0.1, -0.05) is 29.8 Å². The molecule has 1 saturated heterocycles. The summed E-state index contributed by atoms with van der Waals surface area (Å²) in [5.41, 5.74) is 3.62. The van der Waals surface area contributed by atoms with Gasteiger partial charge >= 0.3 is 5.97 Å². The zero-order valence-corrected chi connectivity index (χ0v) is 17.8. The Balaban J connectivity index is 1.74. The van der Waals surface area contributed by atoms with Crippen molar-refractivity contribution in [2.75, 3.05) is 25.2 Å². The van der Waals surface area contributed by atoms with Gasteiger partial charge in [0.2, 0.25) is 5.91 Å². The first kappa shape index (κ1) is 20.1. The minimum atomic E-state index is -0.597. The molecule has 2 heterocycles. The van der Waals surface area contributed by atoms with Crippen LogP contribution in [0.2, 0.25) is 0 Å². The molecule has 7 heteroatoms. The molecule has 0 atom stereocenters. The van der Waals surface area contributed by atoms with E-state index in [1.807, 2.05) is 31.2 Å². The average Bonchev–Trinajstić information content (AvgIpc) is 3.31. The van der Waals surface area contributed by atoms with Crippen molar-refractivity contribution in [1.82, 2.24) is 0 Å². The van der Waals surface area contributed by atoms with Gasteiger partial charge in [-0.25, -0.2) is 4.79 Å². The van der Waals surface area contributed by atoms with Crippen molar-refractivity contribution in [1.29, 1.82) is 0 Å². The van der Waals surface area contributed by atoms with Gasteiger partial charge in [0.25, 0.3) is 0 Å². The van der Waals surface area contributed by atoms with E-state index < -0.39 is 11.8 Å². The van der Waals surface area contributed by atoms with E-state index in [0.717, 1.165) is 21.6 Å². The minimum Gasteiger partial charge on any atom is -0.465 e. The second-order valence-electron chi connectivity index (χ2n) is 7.55. The van der Waals surface area contributed by atoms with E-state index >= 15 is 0 Å². The number of esters is 1. The molecule has 154 valence electrons. The number of amides is 1. The molecule has 0 bridgehead atoms. The molecule has 4 rings (SSSR count). The Kier molecular flexibility index (Phi) is 5.46. The lowest BCUT2D eigenvalue weighted by Gasteiger charge is -2.31. The molecule has 1 fully saturated rings. The lowest BCUT2D eigenvalue weighted by molar-refractivity contribution is -0.163. The number of fused-ring (bicyclic) bond motifs is 1. The smallest absolute Gasteiger partial charge is 0.341 e. The summed E-state index contributed by atoms with van der Waals surface area (Å²) in [7, 11) is 1.38. The SMILES string of the molecule is COC(=O)c1c(N(Cc2ccc(C)cc2)C(C)=O)sc2c1CCC1(C2)OCCO1. The largest absolute Gasteiger partial charge is 0.465 e. The Morgan fingerprint density at radius 2 is 1.90 bits per heavy atom. The van der Waals surface area contributed by atoms with Crippen LogP contribution in [0.1, 0.15) is 45.3 Å². The number of anilines is 1. The molecule has 0 unspecified atom stereocenters. The van der Waals surface area contributed by atoms with Crippen molar-refractivity contribution in [2.24, 2.45) is 0 Å². The number of hydrogen-bond acceptors (Lipinski definition) is 6. The number of carbonyl (C=O) groups is 2. The van der Waals surface area contributed by atoms with E-state index in [9.17, 15) is 9.59 Å². The number of benzene rings is 1. The Morgan fingerprint density at radius 3 is 2.52 bits per heavy atom. The van der Waals surface area contributed by atoms with Gasteiger partial charge in [-0.05, 0) is 24.5 Å². The van der Waals surface area contributed by atoms with Gasteiger partial charge in [0.05, 0.1) is 32.4 Å². The van der Waals surface area contributed by atoms with Crippen LogP contribution in [0.4, 0.5) is 5.00 Å². The summed E-state index contributed by atoms with van der Waals surface area (Å²) in [6.07, 6.45) is 1.94. The third-order valence-corrected chi connectivity index (χ3v) is 6.80. The number of hydrogen-bond donors (Lipinski definition) is 0. The molecule has 2 aliphatic rings. The van der Waals surface area contributed by atoms with E-state index in [0.29, 0.717) is 49.6 Å². The Labute approximate surface area is 174 Å². The highest BCUT2D eigenvalue weighted by molar-refractivity contribution is 7.17. The predicted octanol–water partition coefficient (Wildman–Crippen LogP) is 3.63. The highest BCUT2D eigenvalue weighted by Gasteiger charge is 2.43. The molecule has 2 aromatic rings. The van der Waals surface area contributed by atoms with E-state index in [2.05, 4.69) is 0 Å². The number of carbonyl (C=O) groups excluding carboxylic acids is 2. The van der Waals surface area contributed by atoms with Crippen LogP contribution >= 0.6 is 11.3 Å².